The van der Waals surface area contributed by atoms with E-state index in [2.05, 4.69) is 39.5 Å². The van der Waals surface area contributed by atoms with Gasteiger partial charge >= 0.3 is 5.97 Å². The Hall–Kier alpha value is -2.81. The molecule has 0 amide bonds. The molecule has 24 heavy (non-hydrogen) atoms. The van der Waals surface area contributed by atoms with Gasteiger partial charge in [-0.05, 0) is 29.3 Å². The Bertz CT molecular complexity index is 845. The smallest absolute Gasteiger partial charge is 0.347 e. The van der Waals surface area contributed by atoms with E-state index in [9.17, 15) is 4.79 Å². The van der Waals surface area contributed by atoms with Crippen molar-refractivity contribution in [3.63, 3.8) is 0 Å². The minimum atomic E-state index is -0.992. The number of nitrogens with one attached hydrogen (secondary N) is 1. The van der Waals surface area contributed by atoms with Gasteiger partial charge in [0.1, 0.15) is 15.6 Å². The summed E-state index contributed by atoms with van der Waals surface area (Å²) in [6.45, 7) is 4.68. The summed E-state index contributed by atoms with van der Waals surface area (Å²) in [5.74, 6) is 0.434. The summed E-state index contributed by atoms with van der Waals surface area (Å²) in [7, 11) is 0. The van der Waals surface area contributed by atoms with Gasteiger partial charge in [0.2, 0.25) is 5.82 Å². The van der Waals surface area contributed by atoms with Gasteiger partial charge in [0.05, 0.1) is 18.4 Å². The number of benzene rings is 1. The lowest BCUT2D eigenvalue weighted by molar-refractivity contribution is 0.0702. The number of carbonyl (C=O) groups is 1. The standard InChI is InChI=1S/C15H15N5O3S/c1-8(2)7-23-11-4-3-9(5-10(11)13-17-19-20-18-13)14-16-6-12(24-14)15(21)22/h3-6,8H,7H2,1-2H3,(H,21,22)(H,17,18,19,20). The van der Waals surface area contributed by atoms with E-state index in [0.29, 0.717) is 34.7 Å². The number of aromatic carboxylic acids is 1. The second kappa shape index (κ2) is 6.75. The van der Waals surface area contributed by atoms with Crippen LogP contribution >= 0.6 is 11.3 Å². The highest BCUT2D eigenvalue weighted by molar-refractivity contribution is 7.16. The maximum atomic E-state index is 11.0. The van der Waals surface area contributed by atoms with Gasteiger partial charge in [-0.25, -0.2) is 9.78 Å². The van der Waals surface area contributed by atoms with E-state index in [4.69, 9.17) is 9.84 Å². The minimum absolute atomic E-state index is 0.186. The first-order valence-corrected chi connectivity index (χ1v) is 8.06. The van der Waals surface area contributed by atoms with Crippen molar-refractivity contribution in [3.8, 4) is 27.7 Å². The molecule has 0 unspecified atom stereocenters. The number of aromatic nitrogens is 5. The van der Waals surface area contributed by atoms with Crippen LogP contribution in [0.4, 0.5) is 0 Å². The van der Waals surface area contributed by atoms with E-state index in [0.717, 1.165) is 16.9 Å². The van der Waals surface area contributed by atoms with Crippen molar-refractivity contribution in [1.82, 2.24) is 25.6 Å². The van der Waals surface area contributed by atoms with Crippen LogP contribution in [0, 0.1) is 5.92 Å². The van der Waals surface area contributed by atoms with Gasteiger partial charge in [0, 0.05) is 5.56 Å². The molecule has 3 aromatic rings. The molecule has 0 aliphatic rings. The Morgan fingerprint density at radius 1 is 1.42 bits per heavy atom. The van der Waals surface area contributed by atoms with Crippen LogP contribution in [0.25, 0.3) is 22.0 Å². The molecule has 0 aliphatic carbocycles. The Morgan fingerprint density at radius 3 is 2.88 bits per heavy atom. The minimum Gasteiger partial charge on any atom is -0.493 e. The monoisotopic (exact) mass is 345 g/mol. The fourth-order valence-electron chi connectivity index (χ4n) is 2.00. The highest BCUT2D eigenvalue weighted by atomic mass is 32.1. The number of ether oxygens (including phenoxy) is 1. The van der Waals surface area contributed by atoms with Gasteiger partial charge in [-0.15, -0.1) is 21.5 Å². The molecule has 8 nitrogen and oxygen atoms in total. The summed E-state index contributed by atoms with van der Waals surface area (Å²) in [4.78, 5) is 15.4. The number of carboxylic acids is 1. The zero-order valence-corrected chi connectivity index (χ0v) is 13.9. The highest BCUT2D eigenvalue weighted by Crippen LogP contribution is 2.34. The normalized spacial score (nSPS) is 11.0. The van der Waals surface area contributed by atoms with Gasteiger partial charge in [-0.2, -0.15) is 5.21 Å². The number of hydrogen-bond acceptors (Lipinski definition) is 7. The van der Waals surface area contributed by atoms with Crippen molar-refractivity contribution in [1.29, 1.82) is 0 Å². The lowest BCUT2D eigenvalue weighted by Gasteiger charge is -2.12. The van der Waals surface area contributed by atoms with Gasteiger partial charge < -0.3 is 9.84 Å². The van der Waals surface area contributed by atoms with Crippen molar-refractivity contribution >= 4 is 17.3 Å². The third-order valence-electron chi connectivity index (χ3n) is 3.10. The molecule has 124 valence electrons. The van der Waals surface area contributed by atoms with E-state index < -0.39 is 5.97 Å². The van der Waals surface area contributed by atoms with Crippen LogP contribution in [0.5, 0.6) is 5.75 Å². The number of nitrogens with zero attached hydrogens (tertiary/aromatic N) is 4. The molecule has 0 saturated heterocycles. The largest absolute Gasteiger partial charge is 0.493 e. The first kappa shape index (κ1) is 16.1. The van der Waals surface area contributed by atoms with E-state index in [1.165, 1.54) is 6.20 Å². The van der Waals surface area contributed by atoms with E-state index in [-0.39, 0.29) is 4.88 Å². The molecular formula is C15H15N5O3S. The van der Waals surface area contributed by atoms with E-state index >= 15 is 0 Å². The average molecular weight is 345 g/mol. The summed E-state index contributed by atoms with van der Waals surface area (Å²) >= 11 is 1.11. The first-order valence-electron chi connectivity index (χ1n) is 7.24. The lowest BCUT2D eigenvalue weighted by Crippen LogP contribution is -2.05. The predicted molar refractivity (Wildman–Crippen MR) is 88.0 cm³/mol. The molecule has 2 aromatic heterocycles. The third kappa shape index (κ3) is 3.40. The van der Waals surface area contributed by atoms with Crippen molar-refractivity contribution in [3.05, 3.63) is 29.3 Å². The van der Waals surface area contributed by atoms with E-state index in [1.54, 1.807) is 0 Å². The second-order valence-electron chi connectivity index (χ2n) is 5.49. The number of H-pyrrole nitrogens is 1. The molecule has 2 heterocycles. The van der Waals surface area contributed by atoms with Crippen LogP contribution in [0.15, 0.2) is 24.4 Å². The Balaban J connectivity index is 2.00. The number of aromatic amines is 1. The summed E-state index contributed by atoms with van der Waals surface area (Å²) in [6, 6.07) is 5.47. The summed E-state index contributed by atoms with van der Waals surface area (Å²) in [6.07, 6.45) is 1.35. The van der Waals surface area contributed by atoms with Crippen molar-refractivity contribution < 1.29 is 14.6 Å². The molecule has 2 N–H and O–H groups in total. The van der Waals surface area contributed by atoms with Gasteiger partial charge in [-0.3, -0.25) is 0 Å². The van der Waals surface area contributed by atoms with Crippen molar-refractivity contribution in [2.24, 2.45) is 5.92 Å². The molecule has 0 bridgehead atoms. The molecule has 0 spiro atoms. The van der Waals surface area contributed by atoms with E-state index in [1.807, 2.05) is 18.2 Å². The number of carboxylic acid groups (broad SMARTS) is 1. The zero-order chi connectivity index (χ0) is 17.1. The number of rotatable bonds is 6. The van der Waals surface area contributed by atoms with Crippen LogP contribution in [-0.2, 0) is 0 Å². The molecule has 9 heteroatoms. The molecule has 3 rings (SSSR count). The van der Waals surface area contributed by atoms with Crippen LogP contribution in [0.1, 0.15) is 23.5 Å². The molecule has 0 atom stereocenters. The SMILES string of the molecule is CC(C)COc1ccc(-c2ncc(C(=O)O)s2)cc1-c1nn[nH]n1. The molecular weight excluding hydrogens is 330 g/mol. The second-order valence-corrected chi connectivity index (χ2v) is 6.52. The van der Waals surface area contributed by atoms with Crippen LogP contribution in [0.2, 0.25) is 0 Å². The van der Waals surface area contributed by atoms with Crippen LogP contribution in [0.3, 0.4) is 0 Å². The molecule has 0 saturated carbocycles. The molecule has 0 fully saturated rings. The van der Waals surface area contributed by atoms with Gasteiger partial charge in [0.25, 0.3) is 0 Å². The maximum Gasteiger partial charge on any atom is 0.347 e. The zero-order valence-electron chi connectivity index (χ0n) is 13.1. The fraction of sp³-hybridized carbons (Fsp3) is 0.267. The topological polar surface area (TPSA) is 114 Å². The van der Waals surface area contributed by atoms with Crippen LogP contribution in [-0.4, -0.2) is 43.3 Å². The summed E-state index contributed by atoms with van der Waals surface area (Å²) < 4.78 is 5.82. The molecule has 0 aliphatic heterocycles. The van der Waals surface area contributed by atoms with Crippen LogP contribution < -0.4 is 4.74 Å². The highest BCUT2D eigenvalue weighted by Gasteiger charge is 2.16. The Kier molecular flexibility index (Phi) is 4.52. The number of hydrogen-bond donors (Lipinski definition) is 2. The molecule has 1 aromatic carbocycles. The Labute approximate surface area is 141 Å². The fourth-order valence-corrected chi connectivity index (χ4v) is 2.75. The maximum absolute atomic E-state index is 11.0. The summed E-state index contributed by atoms with van der Waals surface area (Å²) in [5, 5.41) is 23.7. The quantitative estimate of drug-likeness (QED) is 0.706. The first-order chi connectivity index (χ1) is 11.5. The average Bonchev–Trinajstić information content (AvgIpc) is 3.24. The predicted octanol–water partition coefficient (Wildman–Crippen LogP) is 2.72. The molecule has 0 radical (unpaired) electrons. The summed E-state index contributed by atoms with van der Waals surface area (Å²) in [5.41, 5.74) is 1.44. The van der Waals surface area contributed by atoms with Gasteiger partial charge in [0.15, 0.2) is 0 Å². The van der Waals surface area contributed by atoms with Gasteiger partial charge in [-0.1, -0.05) is 13.8 Å². The third-order valence-corrected chi connectivity index (χ3v) is 4.14. The number of tetrazole rings is 1. The van der Waals surface area contributed by atoms with Crippen molar-refractivity contribution in [2.75, 3.05) is 6.61 Å². The lowest BCUT2D eigenvalue weighted by atomic mass is 10.1. The number of thiazole rings is 1. The van der Waals surface area contributed by atoms with Crippen molar-refractivity contribution in [2.45, 2.75) is 13.8 Å². The Morgan fingerprint density at radius 2 is 2.25 bits per heavy atom.